The highest BCUT2D eigenvalue weighted by Gasteiger charge is 2.10. The van der Waals surface area contributed by atoms with Crippen molar-refractivity contribution in [2.24, 2.45) is 5.73 Å². The average molecular weight is 267 g/mol. The molecule has 19 heavy (non-hydrogen) atoms. The van der Waals surface area contributed by atoms with Crippen molar-refractivity contribution < 1.29 is 17.9 Å². The third kappa shape index (κ3) is 3.48. The number of hydrogen-bond donors (Lipinski definition) is 1. The van der Waals surface area contributed by atoms with E-state index in [1.807, 2.05) is 0 Å². The summed E-state index contributed by atoms with van der Waals surface area (Å²) in [6.07, 6.45) is 0. The van der Waals surface area contributed by atoms with Gasteiger partial charge in [-0.05, 0) is 29.8 Å². The Morgan fingerprint density at radius 3 is 2.42 bits per heavy atom. The fraction of sp³-hybridized carbons (Fsp3) is 0.143. The molecule has 1 unspecified atom stereocenters. The summed E-state index contributed by atoms with van der Waals surface area (Å²) in [6.45, 7) is -0.0357. The molecule has 2 aromatic carbocycles. The molecule has 0 bridgehead atoms. The van der Waals surface area contributed by atoms with Gasteiger partial charge in [-0.1, -0.05) is 12.1 Å². The third-order valence-corrected chi connectivity index (χ3v) is 2.59. The molecule has 0 aliphatic heterocycles. The fourth-order valence-corrected chi connectivity index (χ4v) is 1.61. The minimum absolute atomic E-state index is 0.0357. The molecular weight excluding hydrogens is 255 g/mol. The summed E-state index contributed by atoms with van der Waals surface area (Å²) in [5.74, 6) is -1.97. The van der Waals surface area contributed by atoms with E-state index in [2.05, 4.69) is 0 Å². The van der Waals surface area contributed by atoms with E-state index in [4.69, 9.17) is 10.5 Å². The molecule has 0 spiro atoms. The van der Waals surface area contributed by atoms with Crippen molar-refractivity contribution in [1.29, 1.82) is 0 Å². The predicted octanol–water partition coefficient (Wildman–Crippen LogP) is 3.18. The van der Waals surface area contributed by atoms with Gasteiger partial charge in [0.25, 0.3) is 0 Å². The van der Waals surface area contributed by atoms with Gasteiger partial charge in [-0.25, -0.2) is 13.2 Å². The van der Waals surface area contributed by atoms with Crippen LogP contribution in [-0.4, -0.2) is 6.61 Å². The Balaban J connectivity index is 2.02. The quantitative estimate of drug-likeness (QED) is 0.923. The Kier molecular flexibility index (Phi) is 4.06. The zero-order chi connectivity index (χ0) is 13.8. The van der Waals surface area contributed by atoms with Gasteiger partial charge in [-0.3, -0.25) is 0 Å². The lowest BCUT2D eigenvalue weighted by atomic mass is 10.1. The Labute approximate surface area is 108 Å². The summed E-state index contributed by atoms with van der Waals surface area (Å²) in [6, 6.07) is 8.17. The van der Waals surface area contributed by atoms with Gasteiger partial charge in [-0.15, -0.1) is 0 Å². The normalized spacial score (nSPS) is 12.2. The summed E-state index contributed by atoms with van der Waals surface area (Å²) in [7, 11) is 0. The maximum Gasteiger partial charge on any atom is 0.167 e. The summed E-state index contributed by atoms with van der Waals surface area (Å²) in [4.78, 5) is 0. The van der Waals surface area contributed by atoms with Gasteiger partial charge in [0, 0.05) is 6.07 Å². The van der Waals surface area contributed by atoms with Gasteiger partial charge in [0.15, 0.2) is 11.6 Å². The molecule has 2 N–H and O–H groups in total. The van der Waals surface area contributed by atoms with Crippen LogP contribution in [0.25, 0.3) is 0 Å². The van der Waals surface area contributed by atoms with E-state index in [1.165, 1.54) is 24.3 Å². The second-order valence-corrected chi connectivity index (χ2v) is 4.05. The predicted molar refractivity (Wildman–Crippen MR) is 65.2 cm³/mol. The van der Waals surface area contributed by atoms with Crippen molar-refractivity contribution in [2.45, 2.75) is 6.04 Å². The SMILES string of the molecule is NC(COc1ccc(F)cc1F)c1cccc(F)c1. The third-order valence-electron chi connectivity index (χ3n) is 2.59. The Morgan fingerprint density at radius 2 is 1.74 bits per heavy atom. The van der Waals surface area contributed by atoms with E-state index in [0.29, 0.717) is 5.56 Å². The van der Waals surface area contributed by atoms with Crippen LogP contribution in [0.2, 0.25) is 0 Å². The fourth-order valence-electron chi connectivity index (χ4n) is 1.61. The number of halogens is 3. The highest BCUT2D eigenvalue weighted by molar-refractivity contribution is 5.25. The number of nitrogens with two attached hydrogens (primary N) is 1. The Bertz CT molecular complexity index is 574. The van der Waals surface area contributed by atoms with Gasteiger partial charge < -0.3 is 10.5 Å². The molecule has 100 valence electrons. The molecule has 0 aliphatic rings. The van der Waals surface area contributed by atoms with Crippen LogP contribution in [-0.2, 0) is 0 Å². The summed E-state index contributed by atoms with van der Waals surface area (Å²) in [5, 5.41) is 0. The zero-order valence-electron chi connectivity index (χ0n) is 9.95. The topological polar surface area (TPSA) is 35.2 Å². The first-order chi connectivity index (χ1) is 9.06. The van der Waals surface area contributed by atoms with Crippen molar-refractivity contribution in [2.75, 3.05) is 6.61 Å². The number of benzene rings is 2. The average Bonchev–Trinajstić information content (AvgIpc) is 2.37. The Hall–Kier alpha value is -2.01. The summed E-state index contributed by atoms with van der Waals surface area (Å²) >= 11 is 0. The smallest absolute Gasteiger partial charge is 0.167 e. The van der Waals surface area contributed by atoms with E-state index in [1.54, 1.807) is 6.07 Å². The zero-order valence-corrected chi connectivity index (χ0v) is 9.95. The van der Waals surface area contributed by atoms with Crippen LogP contribution in [0.4, 0.5) is 13.2 Å². The molecule has 0 amide bonds. The van der Waals surface area contributed by atoms with Crippen LogP contribution in [0.5, 0.6) is 5.75 Å². The molecule has 0 aliphatic carbocycles. The Morgan fingerprint density at radius 1 is 1.00 bits per heavy atom. The standard InChI is InChI=1S/C14H12F3NO/c15-10-3-1-2-9(6-10)13(18)8-19-14-5-4-11(16)7-12(14)17/h1-7,13H,8,18H2. The van der Waals surface area contributed by atoms with E-state index in [-0.39, 0.29) is 12.4 Å². The van der Waals surface area contributed by atoms with Crippen LogP contribution in [0.3, 0.4) is 0 Å². The van der Waals surface area contributed by atoms with Gasteiger partial charge in [0.2, 0.25) is 0 Å². The molecule has 0 radical (unpaired) electrons. The lowest BCUT2D eigenvalue weighted by Crippen LogP contribution is -2.19. The summed E-state index contributed by atoms with van der Waals surface area (Å²) < 4.78 is 44.2. The largest absolute Gasteiger partial charge is 0.489 e. The lowest BCUT2D eigenvalue weighted by Gasteiger charge is -2.14. The van der Waals surface area contributed by atoms with Crippen LogP contribution in [0, 0.1) is 17.5 Å². The molecule has 0 heterocycles. The molecule has 2 aromatic rings. The van der Waals surface area contributed by atoms with E-state index in [9.17, 15) is 13.2 Å². The number of ether oxygens (including phenoxy) is 1. The molecule has 0 aromatic heterocycles. The first-order valence-corrected chi connectivity index (χ1v) is 5.65. The van der Waals surface area contributed by atoms with Crippen LogP contribution in [0.1, 0.15) is 11.6 Å². The molecule has 0 saturated heterocycles. The maximum absolute atomic E-state index is 13.3. The molecule has 5 heteroatoms. The van der Waals surface area contributed by atoms with Crippen molar-refractivity contribution in [3.63, 3.8) is 0 Å². The molecule has 1 atom stereocenters. The molecule has 2 nitrogen and oxygen atoms in total. The van der Waals surface area contributed by atoms with Crippen LogP contribution < -0.4 is 10.5 Å². The molecular formula is C14H12F3NO. The minimum atomic E-state index is -0.800. The lowest BCUT2D eigenvalue weighted by molar-refractivity contribution is 0.276. The van der Waals surface area contributed by atoms with Gasteiger partial charge >= 0.3 is 0 Å². The van der Waals surface area contributed by atoms with Gasteiger partial charge in [0.1, 0.15) is 18.2 Å². The molecule has 0 saturated carbocycles. The maximum atomic E-state index is 13.3. The van der Waals surface area contributed by atoms with Crippen molar-refractivity contribution in [3.8, 4) is 5.75 Å². The van der Waals surface area contributed by atoms with Crippen molar-refractivity contribution >= 4 is 0 Å². The molecule has 0 fully saturated rings. The van der Waals surface area contributed by atoms with E-state index in [0.717, 1.165) is 12.1 Å². The minimum Gasteiger partial charge on any atom is -0.489 e. The van der Waals surface area contributed by atoms with Crippen LogP contribution >= 0.6 is 0 Å². The van der Waals surface area contributed by atoms with E-state index >= 15 is 0 Å². The van der Waals surface area contributed by atoms with E-state index < -0.39 is 23.5 Å². The first kappa shape index (κ1) is 13.4. The second kappa shape index (κ2) is 5.75. The monoisotopic (exact) mass is 267 g/mol. The van der Waals surface area contributed by atoms with Crippen molar-refractivity contribution in [3.05, 3.63) is 65.5 Å². The van der Waals surface area contributed by atoms with Crippen molar-refractivity contribution in [1.82, 2.24) is 0 Å². The number of rotatable bonds is 4. The van der Waals surface area contributed by atoms with Gasteiger partial charge in [-0.2, -0.15) is 0 Å². The first-order valence-electron chi connectivity index (χ1n) is 5.65. The van der Waals surface area contributed by atoms with Gasteiger partial charge in [0.05, 0.1) is 6.04 Å². The highest BCUT2D eigenvalue weighted by Crippen LogP contribution is 2.19. The number of hydrogen-bond acceptors (Lipinski definition) is 2. The highest BCUT2D eigenvalue weighted by atomic mass is 19.1. The second-order valence-electron chi connectivity index (χ2n) is 4.05. The van der Waals surface area contributed by atoms with Crippen LogP contribution in [0.15, 0.2) is 42.5 Å². The molecule has 2 rings (SSSR count). The summed E-state index contributed by atoms with van der Waals surface area (Å²) in [5.41, 5.74) is 6.35.